The first-order valence-corrected chi connectivity index (χ1v) is 8.07. The molecule has 0 aromatic carbocycles. The lowest BCUT2D eigenvalue weighted by Gasteiger charge is -2.25. The number of anilines is 1. The highest BCUT2D eigenvalue weighted by atomic mass is 16.5. The van der Waals surface area contributed by atoms with Gasteiger partial charge in [0, 0.05) is 32.4 Å². The van der Waals surface area contributed by atoms with Crippen LogP contribution < -0.4 is 10.2 Å². The van der Waals surface area contributed by atoms with Crippen LogP contribution in [0.15, 0.2) is 12.4 Å². The van der Waals surface area contributed by atoms with Gasteiger partial charge < -0.3 is 15.0 Å². The van der Waals surface area contributed by atoms with Crippen molar-refractivity contribution in [3.8, 4) is 0 Å². The third-order valence-corrected chi connectivity index (χ3v) is 3.68. The van der Waals surface area contributed by atoms with Crippen LogP contribution in [0.4, 0.5) is 5.82 Å². The molecule has 5 heteroatoms. The van der Waals surface area contributed by atoms with E-state index in [1.165, 1.54) is 6.42 Å². The summed E-state index contributed by atoms with van der Waals surface area (Å²) in [5.74, 6) is 1.60. The second kappa shape index (κ2) is 8.29. The lowest BCUT2D eigenvalue weighted by atomic mass is 10.2. The number of hydrogen-bond acceptors (Lipinski definition) is 5. The van der Waals surface area contributed by atoms with Crippen LogP contribution in [0.3, 0.4) is 0 Å². The van der Waals surface area contributed by atoms with Crippen molar-refractivity contribution in [3.63, 3.8) is 0 Å². The molecule has 1 atom stereocenters. The minimum absolute atomic E-state index is 0.342. The van der Waals surface area contributed by atoms with Crippen molar-refractivity contribution < 1.29 is 4.74 Å². The van der Waals surface area contributed by atoms with Crippen LogP contribution in [0.25, 0.3) is 0 Å². The average Bonchev–Trinajstić information content (AvgIpc) is 2.97. The molecular formula is C16H28N4O. The fourth-order valence-electron chi connectivity index (χ4n) is 2.54. The highest BCUT2D eigenvalue weighted by molar-refractivity contribution is 5.36. The van der Waals surface area contributed by atoms with E-state index in [0.717, 1.165) is 50.7 Å². The van der Waals surface area contributed by atoms with Crippen LogP contribution in [-0.4, -0.2) is 42.3 Å². The number of rotatable bonds is 8. The zero-order chi connectivity index (χ0) is 15.1. The normalized spacial score (nSPS) is 18.4. The predicted octanol–water partition coefficient (Wildman–Crippen LogP) is 2.23. The van der Waals surface area contributed by atoms with Gasteiger partial charge in [-0.05, 0) is 32.2 Å². The average molecular weight is 292 g/mol. The van der Waals surface area contributed by atoms with E-state index >= 15 is 0 Å². The van der Waals surface area contributed by atoms with Crippen LogP contribution in [0.1, 0.15) is 39.3 Å². The summed E-state index contributed by atoms with van der Waals surface area (Å²) in [4.78, 5) is 11.3. The van der Waals surface area contributed by atoms with Crippen LogP contribution in [0.2, 0.25) is 0 Å². The van der Waals surface area contributed by atoms with Crippen molar-refractivity contribution in [2.24, 2.45) is 5.92 Å². The maximum atomic E-state index is 5.73. The lowest BCUT2D eigenvalue weighted by Crippen LogP contribution is -2.33. The van der Waals surface area contributed by atoms with E-state index in [2.05, 4.69) is 36.0 Å². The molecule has 0 bridgehead atoms. The number of hydrogen-bond donors (Lipinski definition) is 1. The zero-order valence-corrected chi connectivity index (χ0v) is 13.5. The third kappa shape index (κ3) is 5.25. The zero-order valence-electron chi connectivity index (χ0n) is 13.5. The molecule has 1 aromatic rings. The van der Waals surface area contributed by atoms with Gasteiger partial charge in [-0.25, -0.2) is 4.98 Å². The molecule has 0 spiro atoms. The largest absolute Gasteiger partial charge is 0.376 e. The van der Waals surface area contributed by atoms with Gasteiger partial charge in [0.25, 0.3) is 0 Å². The summed E-state index contributed by atoms with van der Waals surface area (Å²) in [5, 5.41) is 3.41. The fraction of sp³-hybridized carbons (Fsp3) is 0.750. The first-order chi connectivity index (χ1) is 10.2. The Morgan fingerprint density at radius 2 is 2.29 bits per heavy atom. The molecule has 1 N–H and O–H groups in total. The summed E-state index contributed by atoms with van der Waals surface area (Å²) >= 11 is 0. The molecule has 2 heterocycles. The molecule has 0 saturated carbocycles. The summed E-state index contributed by atoms with van der Waals surface area (Å²) < 4.78 is 5.73. The minimum Gasteiger partial charge on any atom is -0.376 e. The van der Waals surface area contributed by atoms with Crippen molar-refractivity contribution in [1.29, 1.82) is 0 Å². The van der Waals surface area contributed by atoms with Crippen molar-refractivity contribution in [1.82, 2.24) is 15.3 Å². The molecule has 2 rings (SSSR count). The van der Waals surface area contributed by atoms with Crippen LogP contribution in [0, 0.1) is 5.92 Å². The van der Waals surface area contributed by atoms with Gasteiger partial charge in [-0.2, -0.15) is 0 Å². The first-order valence-electron chi connectivity index (χ1n) is 8.07. The van der Waals surface area contributed by atoms with Crippen LogP contribution >= 0.6 is 0 Å². The Balaban J connectivity index is 1.93. The van der Waals surface area contributed by atoms with Crippen LogP contribution in [0.5, 0.6) is 0 Å². The van der Waals surface area contributed by atoms with Gasteiger partial charge in [-0.3, -0.25) is 4.98 Å². The standard InChI is InChI=1S/C16H28N4O/c1-4-20(12-15-6-5-7-21-15)16-11-18-10-14(19-16)9-17-8-13(2)3/h10-11,13,15,17H,4-9,12H2,1-3H3. The summed E-state index contributed by atoms with van der Waals surface area (Å²) in [6.07, 6.45) is 6.36. The van der Waals surface area contributed by atoms with Gasteiger partial charge in [0.2, 0.25) is 0 Å². The fourth-order valence-corrected chi connectivity index (χ4v) is 2.54. The predicted molar refractivity (Wildman–Crippen MR) is 85.4 cm³/mol. The highest BCUT2D eigenvalue weighted by Crippen LogP contribution is 2.17. The molecule has 1 aromatic heterocycles. The molecular weight excluding hydrogens is 264 g/mol. The van der Waals surface area contributed by atoms with Crippen molar-refractivity contribution >= 4 is 5.82 Å². The van der Waals surface area contributed by atoms with Gasteiger partial charge in [0.05, 0.1) is 18.0 Å². The summed E-state index contributed by atoms with van der Waals surface area (Å²) in [7, 11) is 0. The number of aromatic nitrogens is 2. The van der Waals surface area contributed by atoms with Crippen molar-refractivity contribution in [2.45, 2.75) is 46.3 Å². The van der Waals surface area contributed by atoms with E-state index in [4.69, 9.17) is 9.72 Å². The molecule has 0 amide bonds. The van der Waals surface area contributed by atoms with Gasteiger partial charge >= 0.3 is 0 Å². The Hall–Kier alpha value is -1.20. The summed E-state index contributed by atoms with van der Waals surface area (Å²) in [5.41, 5.74) is 0.999. The van der Waals surface area contributed by atoms with Crippen molar-refractivity contribution in [3.05, 3.63) is 18.1 Å². The monoisotopic (exact) mass is 292 g/mol. The lowest BCUT2D eigenvalue weighted by molar-refractivity contribution is 0.115. The van der Waals surface area contributed by atoms with E-state index in [1.54, 1.807) is 0 Å². The number of nitrogens with zero attached hydrogens (tertiary/aromatic N) is 3. The Labute approximate surface area is 128 Å². The molecule has 1 saturated heterocycles. The maximum Gasteiger partial charge on any atom is 0.147 e. The molecule has 118 valence electrons. The van der Waals surface area contributed by atoms with E-state index in [1.807, 2.05) is 12.4 Å². The second-order valence-corrected chi connectivity index (χ2v) is 6.07. The quantitative estimate of drug-likeness (QED) is 0.796. The minimum atomic E-state index is 0.342. The Kier molecular flexibility index (Phi) is 6.39. The topological polar surface area (TPSA) is 50.3 Å². The molecule has 21 heavy (non-hydrogen) atoms. The SMILES string of the molecule is CCN(CC1CCCO1)c1cncc(CNCC(C)C)n1. The maximum absolute atomic E-state index is 5.73. The molecule has 1 fully saturated rings. The van der Waals surface area contributed by atoms with Gasteiger partial charge in [0.1, 0.15) is 5.82 Å². The molecule has 0 radical (unpaired) electrons. The number of likely N-dealkylation sites (N-methyl/N-ethyl adjacent to an activating group) is 1. The van der Waals surface area contributed by atoms with E-state index in [-0.39, 0.29) is 0 Å². The van der Waals surface area contributed by atoms with Gasteiger partial charge in [0.15, 0.2) is 0 Å². The highest BCUT2D eigenvalue weighted by Gasteiger charge is 2.19. The number of nitrogens with one attached hydrogen (secondary N) is 1. The van der Waals surface area contributed by atoms with Gasteiger partial charge in [-0.15, -0.1) is 0 Å². The smallest absolute Gasteiger partial charge is 0.147 e. The Morgan fingerprint density at radius 3 is 2.95 bits per heavy atom. The first kappa shape index (κ1) is 16.2. The molecule has 5 nitrogen and oxygen atoms in total. The van der Waals surface area contributed by atoms with E-state index < -0.39 is 0 Å². The van der Waals surface area contributed by atoms with E-state index in [9.17, 15) is 0 Å². The second-order valence-electron chi connectivity index (χ2n) is 6.07. The van der Waals surface area contributed by atoms with Crippen molar-refractivity contribution in [2.75, 3.05) is 31.1 Å². The number of ether oxygens (including phenoxy) is 1. The Morgan fingerprint density at radius 1 is 1.43 bits per heavy atom. The summed E-state index contributed by atoms with van der Waals surface area (Å²) in [6.45, 7) is 11.1. The molecule has 1 aliphatic heterocycles. The molecule has 1 aliphatic rings. The molecule has 1 unspecified atom stereocenters. The third-order valence-electron chi connectivity index (χ3n) is 3.68. The van der Waals surface area contributed by atoms with Crippen LogP contribution in [-0.2, 0) is 11.3 Å². The Bertz CT molecular complexity index is 418. The summed E-state index contributed by atoms with van der Waals surface area (Å²) in [6, 6.07) is 0. The van der Waals surface area contributed by atoms with Gasteiger partial charge in [-0.1, -0.05) is 13.8 Å². The molecule has 0 aliphatic carbocycles. The van der Waals surface area contributed by atoms with E-state index in [0.29, 0.717) is 12.0 Å².